The Morgan fingerprint density at radius 3 is 2.95 bits per heavy atom. The zero-order valence-corrected chi connectivity index (χ0v) is 12.5. The molecule has 2 atom stereocenters. The summed E-state index contributed by atoms with van der Waals surface area (Å²) in [6, 6.07) is 9.58. The lowest BCUT2D eigenvalue weighted by atomic mass is 9.88. The Labute approximate surface area is 129 Å². The van der Waals surface area contributed by atoms with Crippen LogP contribution in [0.3, 0.4) is 0 Å². The molecule has 2 aliphatic rings. The lowest BCUT2D eigenvalue weighted by molar-refractivity contribution is -0.120. The van der Waals surface area contributed by atoms with Gasteiger partial charge < -0.3 is 10.1 Å². The molecule has 0 aliphatic carbocycles. The molecular formula is C17H20N2O3. The van der Waals surface area contributed by atoms with Crippen LogP contribution in [-0.4, -0.2) is 35.0 Å². The standard InChI is InChI=1S/C17H20N2O3/c1-2-9-17-11-15(20)18-14(17)8-10-19(17)16(21)22-12-13-6-4-3-5-7-13/h2-7,14H,1,8-12H2,(H,18,20)/t14-,17+/m0/s1. The molecule has 5 heteroatoms. The van der Waals surface area contributed by atoms with E-state index < -0.39 is 5.54 Å². The van der Waals surface area contributed by atoms with Crippen molar-refractivity contribution >= 4 is 12.0 Å². The van der Waals surface area contributed by atoms with Crippen molar-refractivity contribution in [2.45, 2.75) is 37.5 Å². The minimum Gasteiger partial charge on any atom is -0.445 e. The van der Waals surface area contributed by atoms with Crippen molar-refractivity contribution in [2.75, 3.05) is 6.54 Å². The number of ether oxygens (including phenoxy) is 1. The maximum atomic E-state index is 12.5. The van der Waals surface area contributed by atoms with Gasteiger partial charge in [0.1, 0.15) is 6.61 Å². The van der Waals surface area contributed by atoms with Gasteiger partial charge in [-0.1, -0.05) is 36.4 Å². The van der Waals surface area contributed by atoms with Crippen molar-refractivity contribution in [3.05, 3.63) is 48.6 Å². The molecule has 0 aromatic heterocycles. The summed E-state index contributed by atoms with van der Waals surface area (Å²) in [6.07, 6.45) is 3.10. The van der Waals surface area contributed by atoms with Crippen LogP contribution in [0.2, 0.25) is 0 Å². The number of hydrogen-bond donors (Lipinski definition) is 1. The Hall–Kier alpha value is -2.30. The average Bonchev–Trinajstić information content (AvgIpc) is 2.99. The summed E-state index contributed by atoms with van der Waals surface area (Å²) in [5.74, 6) is -0.00703. The van der Waals surface area contributed by atoms with E-state index >= 15 is 0 Å². The van der Waals surface area contributed by atoms with E-state index in [1.165, 1.54) is 0 Å². The predicted molar refractivity (Wildman–Crippen MR) is 82.0 cm³/mol. The van der Waals surface area contributed by atoms with E-state index in [0.717, 1.165) is 12.0 Å². The molecule has 1 aromatic rings. The Balaban J connectivity index is 1.71. The Morgan fingerprint density at radius 2 is 2.23 bits per heavy atom. The van der Waals surface area contributed by atoms with Gasteiger partial charge in [-0.15, -0.1) is 6.58 Å². The first kappa shape index (κ1) is 14.6. The monoisotopic (exact) mass is 300 g/mol. The first-order valence-electron chi connectivity index (χ1n) is 7.54. The Bertz CT molecular complexity index is 587. The molecule has 0 bridgehead atoms. The minimum absolute atomic E-state index is 0.00211. The first-order valence-corrected chi connectivity index (χ1v) is 7.54. The molecule has 116 valence electrons. The lowest BCUT2D eigenvalue weighted by Gasteiger charge is -2.35. The van der Waals surface area contributed by atoms with Crippen LogP contribution in [0, 0.1) is 0 Å². The summed E-state index contributed by atoms with van der Waals surface area (Å²) >= 11 is 0. The molecule has 0 saturated carbocycles. The molecule has 2 heterocycles. The second-order valence-corrected chi connectivity index (χ2v) is 5.87. The largest absolute Gasteiger partial charge is 0.445 e. The van der Waals surface area contributed by atoms with Gasteiger partial charge in [-0.05, 0) is 18.4 Å². The topological polar surface area (TPSA) is 58.6 Å². The number of nitrogens with one attached hydrogen (secondary N) is 1. The van der Waals surface area contributed by atoms with E-state index in [1.807, 2.05) is 30.3 Å². The maximum Gasteiger partial charge on any atom is 0.410 e. The van der Waals surface area contributed by atoms with Gasteiger partial charge in [-0.2, -0.15) is 0 Å². The van der Waals surface area contributed by atoms with Crippen molar-refractivity contribution in [1.82, 2.24) is 10.2 Å². The molecule has 0 spiro atoms. The number of amides is 2. The van der Waals surface area contributed by atoms with Crippen LogP contribution in [0.25, 0.3) is 0 Å². The minimum atomic E-state index is -0.507. The number of carbonyl (C=O) groups excluding carboxylic acids is 2. The third-order valence-corrected chi connectivity index (χ3v) is 4.55. The fourth-order valence-corrected chi connectivity index (χ4v) is 3.53. The first-order chi connectivity index (χ1) is 10.7. The third-order valence-electron chi connectivity index (χ3n) is 4.55. The van der Waals surface area contributed by atoms with Crippen molar-refractivity contribution in [1.29, 1.82) is 0 Å². The third kappa shape index (κ3) is 2.47. The number of carbonyl (C=O) groups is 2. The van der Waals surface area contributed by atoms with Gasteiger partial charge in [0.05, 0.1) is 18.0 Å². The molecule has 2 fully saturated rings. The second kappa shape index (κ2) is 5.83. The number of hydrogen-bond acceptors (Lipinski definition) is 3. The van der Waals surface area contributed by atoms with Crippen LogP contribution >= 0.6 is 0 Å². The van der Waals surface area contributed by atoms with Crippen molar-refractivity contribution in [3.8, 4) is 0 Å². The summed E-state index contributed by atoms with van der Waals surface area (Å²) in [4.78, 5) is 25.9. The van der Waals surface area contributed by atoms with Gasteiger partial charge in [-0.3, -0.25) is 9.69 Å². The number of fused-ring (bicyclic) bond motifs is 1. The van der Waals surface area contributed by atoms with E-state index in [9.17, 15) is 9.59 Å². The molecule has 1 N–H and O–H groups in total. The molecular weight excluding hydrogens is 280 g/mol. The van der Waals surface area contributed by atoms with Crippen LogP contribution in [0.5, 0.6) is 0 Å². The normalized spacial score (nSPS) is 26.5. The zero-order valence-electron chi connectivity index (χ0n) is 12.5. The number of likely N-dealkylation sites (tertiary alicyclic amines) is 1. The summed E-state index contributed by atoms with van der Waals surface area (Å²) in [6.45, 7) is 4.62. The summed E-state index contributed by atoms with van der Waals surface area (Å²) in [5, 5.41) is 2.96. The molecule has 3 rings (SSSR count). The highest BCUT2D eigenvalue weighted by Gasteiger charge is 2.56. The van der Waals surface area contributed by atoms with Gasteiger partial charge in [0.15, 0.2) is 0 Å². The van der Waals surface area contributed by atoms with E-state index in [2.05, 4.69) is 11.9 Å². The van der Waals surface area contributed by atoms with Gasteiger partial charge in [0.2, 0.25) is 5.91 Å². The van der Waals surface area contributed by atoms with Gasteiger partial charge in [-0.25, -0.2) is 4.79 Å². The van der Waals surface area contributed by atoms with Gasteiger partial charge >= 0.3 is 6.09 Å². The highest BCUT2D eigenvalue weighted by Crippen LogP contribution is 2.40. The lowest BCUT2D eigenvalue weighted by Crippen LogP contribution is -2.51. The fraction of sp³-hybridized carbons (Fsp3) is 0.412. The SMILES string of the molecule is C=CC[C@@]12CC(=O)N[C@H]1CCN2C(=O)OCc1ccccc1. The summed E-state index contributed by atoms with van der Waals surface area (Å²) < 4.78 is 5.44. The maximum absolute atomic E-state index is 12.5. The molecule has 5 nitrogen and oxygen atoms in total. The number of rotatable bonds is 4. The van der Waals surface area contributed by atoms with Crippen LogP contribution in [0.1, 0.15) is 24.8 Å². The van der Waals surface area contributed by atoms with Crippen LogP contribution in [-0.2, 0) is 16.1 Å². The van der Waals surface area contributed by atoms with Crippen LogP contribution in [0.4, 0.5) is 4.79 Å². The fourth-order valence-electron chi connectivity index (χ4n) is 3.53. The Kier molecular flexibility index (Phi) is 3.88. The molecule has 2 aliphatic heterocycles. The number of nitrogens with zero attached hydrogens (tertiary/aromatic N) is 1. The van der Waals surface area contributed by atoms with E-state index in [4.69, 9.17) is 4.74 Å². The Morgan fingerprint density at radius 1 is 1.45 bits per heavy atom. The smallest absolute Gasteiger partial charge is 0.410 e. The van der Waals surface area contributed by atoms with Gasteiger partial charge in [0.25, 0.3) is 0 Å². The van der Waals surface area contributed by atoms with Crippen LogP contribution < -0.4 is 5.32 Å². The van der Waals surface area contributed by atoms with Gasteiger partial charge in [0, 0.05) is 6.54 Å². The average molecular weight is 300 g/mol. The molecule has 0 unspecified atom stereocenters. The molecule has 22 heavy (non-hydrogen) atoms. The molecule has 1 aromatic carbocycles. The number of benzene rings is 1. The van der Waals surface area contributed by atoms with E-state index in [-0.39, 0.29) is 24.6 Å². The van der Waals surface area contributed by atoms with E-state index in [0.29, 0.717) is 19.4 Å². The van der Waals surface area contributed by atoms with Crippen molar-refractivity contribution in [2.24, 2.45) is 0 Å². The quantitative estimate of drug-likeness (QED) is 0.868. The predicted octanol–water partition coefficient (Wildman–Crippen LogP) is 2.23. The van der Waals surface area contributed by atoms with Crippen molar-refractivity contribution < 1.29 is 14.3 Å². The zero-order chi connectivity index (χ0) is 15.6. The molecule has 2 amide bonds. The van der Waals surface area contributed by atoms with Crippen molar-refractivity contribution in [3.63, 3.8) is 0 Å². The highest BCUT2D eigenvalue weighted by atomic mass is 16.6. The molecule has 0 radical (unpaired) electrons. The van der Waals surface area contributed by atoms with Crippen LogP contribution in [0.15, 0.2) is 43.0 Å². The summed E-state index contributed by atoms with van der Waals surface area (Å²) in [7, 11) is 0. The second-order valence-electron chi connectivity index (χ2n) is 5.87. The highest BCUT2D eigenvalue weighted by molar-refractivity contribution is 5.83. The summed E-state index contributed by atoms with van der Waals surface area (Å²) in [5.41, 5.74) is 0.442. The van der Waals surface area contributed by atoms with E-state index in [1.54, 1.807) is 11.0 Å². The molecule has 2 saturated heterocycles.